The number of nitrogens with zero attached hydrogens (tertiary/aromatic N) is 1. The summed E-state index contributed by atoms with van der Waals surface area (Å²) in [4.78, 5) is 78.0. The Morgan fingerprint density at radius 3 is 2.06 bits per heavy atom. The van der Waals surface area contributed by atoms with Gasteiger partial charge in [-0.15, -0.1) is 0 Å². The van der Waals surface area contributed by atoms with Gasteiger partial charge in [-0.1, -0.05) is 0 Å². The molecule has 35 heavy (non-hydrogen) atoms. The maximum Gasteiger partial charge on any atom is 0.326 e. The van der Waals surface area contributed by atoms with E-state index in [1.165, 1.54) is 19.4 Å². The quantitative estimate of drug-likeness (QED) is 0.112. The number of imidazole rings is 1. The van der Waals surface area contributed by atoms with E-state index >= 15 is 0 Å². The minimum Gasteiger partial charge on any atom is -0.481 e. The molecule has 0 saturated carbocycles. The molecule has 0 aliphatic carbocycles. The van der Waals surface area contributed by atoms with Crippen molar-refractivity contribution in [3.8, 4) is 0 Å². The molecule has 16 nitrogen and oxygen atoms in total. The monoisotopic (exact) mass is 499 g/mol. The maximum atomic E-state index is 12.8. The second-order valence-electron chi connectivity index (χ2n) is 7.67. The predicted octanol–water partition coefficient (Wildman–Crippen LogP) is -4.06. The number of H-pyrrole nitrogens is 1. The average Bonchev–Trinajstić information content (AvgIpc) is 3.27. The fourth-order valence-corrected chi connectivity index (χ4v) is 2.80. The Bertz CT molecular complexity index is 920. The summed E-state index contributed by atoms with van der Waals surface area (Å²) in [5, 5.41) is 34.3. The number of rotatable bonds is 15. The molecule has 0 fully saturated rings. The first-order valence-electron chi connectivity index (χ1n) is 10.4. The summed E-state index contributed by atoms with van der Waals surface area (Å²) in [5.41, 5.74) is 11.1. The van der Waals surface area contributed by atoms with Gasteiger partial charge in [0, 0.05) is 24.7 Å². The first-order chi connectivity index (χ1) is 16.3. The number of hydrogen-bond donors (Lipinski definition) is 9. The third-order valence-electron chi connectivity index (χ3n) is 4.73. The number of aliphatic carboxylic acids is 2. The third-order valence-corrected chi connectivity index (χ3v) is 4.73. The zero-order chi connectivity index (χ0) is 26.7. The first-order valence-corrected chi connectivity index (χ1v) is 10.4. The van der Waals surface area contributed by atoms with Gasteiger partial charge in [0.05, 0.1) is 18.9 Å². The number of amides is 4. The highest BCUT2D eigenvalue weighted by molar-refractivity contribution is 5.96. The van der Waals surface area contributed by atoms with Gasteiger partial charge >= 0.3 is 11.9 Å². The van der Waals surface area contributed by atoms with Crippen molar-refractivity contribution in [1.29, 1.82) is 0 Å². The summed E-state index contributed by atoms with van der Waals surface area (Å²) in [6.07, 6.45) is -0.510. The summed E-state index contributed by atoms with van der Waals surface area (Å²) in [5.74, 6) is -6.78. The molecule has 5 unspecified atom stereocenters. The van der Waals surface area contributed by atoms with E-state index in [0.29, 0.717) is 5.69 Å². The predicted molar refractivity (Wildman–Crippen MR) is 116 cm³/mol. The van der Waals surface area contributed by atoms with Crippen LogP contribution in [-0.2, 0) is 35.2 Å². The van der Waals surface area contributed by atoms with Crippen LogP contribution in [0.1, 0.15) is 31.9 Å². The number of carboxylic acid groups (broad SMARTS) is 2. The normalized spacial score (nSPS) is 15.1. The maximum absolute atomic E-state index is 12.8. The van der Waals surface area contributed by atoms with Gasteiger partial charge in [-0.2, -0.15) is 0 Å². The lowest BCUT2D eigenvalue weighted by Gasteiger charge is -2.25. The van der Waals surface area contributed by atoms with Gasteiger partial charge in [0.15, 0.2) is 0 Å². The Balaban J connectivity index is 3.02. The molecule has 0 bridgehead atoms. The van der Waals surface area contributed by atoms with Crippen molar-refractivity contribution < 1.29 is 44.1 Å². The number of carbonyl (C=O) groups is 6. The Kier molecular flexibility index (Phi) is 11.3. The van der Waals surface area contributed by atoms with Crippen LogP contribution in [0.4, 0.5) is 0 Å². The van der Waals surface area contributed by atoms with E-state index in [9.17, 15) is 39.0 Å². The van der Waals surface area contributed by atoms with E-state index in [1.54, 1.807) is 0 Å². The van der Waals surface area contributed by atoms with Crippen molar-refractivity contribution in [2.24, 2.45) is 11.5 Å². The van der Waals surface area contributed by atoms with Crippen LogP contribution >= 0.6 is 0 Å². The minimum atomic E-state index is -1.64. The molecule has 0 aliphatic heterocycles. The van der Waals surface area contributed by atoms with Crippen LogP contribution in [0.3, 0.4) is 0 Å². The molecular formula is C19H29N7O9. The van der Waals surface area contributed by atoms with E-state index in [0.717, 1.165) is 0 Å². The Labute approximate surface area is 198 Å². The molecule has 0 radical (unpaired) electrons. The van der Waals surface area contributed by atoms with Gasteiger partial charge < -0.3 is 47.7 Å². The van der Waals surface area contributed by atoms with Crippen LogP contribution in [0.2, 0.25) is 0 Å². The summed E-state index contributed by atoms with van der Waals surface area (Å²) in [6.45, 7) is 1.23. The van der Waals surface area contributed by atoms with Gasteiger partial charge in [-0.3, -0.25) is 24.0 Å². The number of nitrogens with two attached hydrogens (primary N) is 2. The lowest BCUT2D eigenvalue weighted by molar-refractivity contribution is -0.142. The molecule has 11 N–H and O–H groups in total. The highest BCUT2D eigenvalue weighted by Crippen LogP contribution is 2.04. The smallest absolute Gasteiger partial charge is 0.326 e. The van der Waals surface area contributed by atoms with E-state index in [2.05, 4.69) is 25.9 Å². The number of aliphatic hydroxyl groups excluding tert-OH is 1. The zero-order valence-electron chi connectivity index (χ0n) is 18.8. The van der Waals surface area contributed by atoms with Gasteiger partial charge in [0.1, 0.15) is 24.2 Å². The highest BCUT2D eigenvalue weighted by Gasteiger charge is 2.32. The summed E-state index contributed by atoms with van der Waals surface area (Å²) in [6, 6.07) is -6.04. The minimum absolute atomic E-state index is 0.188. The Morgan fingerprint density at radius 1 is 1.00 bits per heavy atom. The van der Waals surface area contributed by atoms with Crippen molar-refractivity contribution >= 4 is 35.6 Å². The summed E-state index contributed by atoms with van der Waals surface area (Å²) >= 11 is 0. The molecule has 1 rings (SSSR count). The number of aromatic nitrogens is 2. The molecule has 0 aromatic carbocycles. The molecule has 0 saturated heterocycles. The standard InChI is InChI=1S/C19H29N7O9/c1-8(27)15(21)18(33)24-10(2-3-14(29)30)16(31)25-11(5-13(20)28)17(32)26-12(19(34)35)4-9-6-22-7-23-9/h6-8,10-12,15,27H,2-5,21H2,1H3,(H2,20,28)(H,22,23)(H,24,33)(H,25,31)(H,26,32)(H,29,30)(H,34,35). The summed E-state index contributed by atoms with van der Waals surface area (Å²) < 4.78 is 0. The van der Waals surface area contributed by atoms with Crippen LogP contribution in [0, 0.1) is 0 Å². The lowest BCUT2D eigenvalue weighted by Crippen LogP contribution is -2.58. The summed E-state index contributed by atoms with van der Waals surface area (Å²) in [7, 11) is 0. The van der Waals surface area contributed by atoms with Crippen molar-refractivity contribution in [3.05, 3.63) is 18.2 Å². The molecule has 16 heteroatoms. The van der Waals surface area contributed by atoms with E-state index in [1.807, 2.05) is 0 Å². The number of nitrogens with one attached hydrogen (secondary N) is 4. The fraction of sp³-hybridized carbons (Fsp3) is 0.526. The van der Waals surface area contributed by atoms with Crippen molar-refractivity contribution in [3.63, 3.8) is 0 Å². The van der Waals surface area contributed by atoms with Gasteiger partial charge in [0.2, 0.25) is 23.6 Å². The average molecular weight is 499 g/mol. The molecular weight excluding hydrogens is 470 g/mol. The molecule has 194 valence electrons. The number of hydrogen-bond acceptors (Lipinski definition) is 9. The second-order valence-corrected chi connectivity index (χ2v) is 7.67. The van der Waals surface area contributed by atoms with Gasteiger partial charge in [0.25, 0.3) is 0 Å². The molecule has 0 spiro atoms. The van der Waals surface area contributed by atoms with Crippen molar-refractivity contribution in [2.45, 2.75) is 62.9 Å². The first kappa shape index (κ1) is 29.0. The molecule has 1 aromatic rings. The molecule has 0 aliphatic rings. The Hall–Kier alpha value is -4.05. The van der Waals surface area contributed by atoms with Crippen LogP contribution < -0.4 is 27.4 Å². The van der Waals surface area contributed by atoms with Crippen LogP contribution in [0.25, 0.3) is 0 Å². The van der Waals surface area contributed by atoms with Crippen molar-refractivity contribution in [2.75, 3.05) is 0 Å². The second kappa shape index (κ2) is 13.6. The number of carbonyl (C=O) groups excluding carboxylic acids is 4. The zero-order valence-corrected chi connectivity index (χ0v) is 18.8. The van der Waals surface area contributed by atoms with Gasteiger partial charge in [-0.25, -0.2) is 9.78 Å². The molecule has 1 aromatic heterocycles. The number of primary amides is 1. The van der Waals surface area contributed by atoms with Gasteiger partial charge in [-0.05, 0) is 13.3 Å². The van der Waals surface area contributed by atoms with E-state index in [-0.39, 0.29) is 6.42 Å². The largest absolute Gasteiger partial charge is 0.481 e. The molecule has 5 atom stereocenters. The van der Waals surface area contributed by atoms with Crippen LogP contribution in [0.5, 0.6) is 0 Å². The molecule has 1 heterocycles. The lowest BCUT2D eigenvalue weighted by atomic mass is 10.1. The highest BCUT2D eigenvalue weighted by atomic mass is 16.4. The van der Waals surface area contributed by atoms with Crippen LogP contribution in [0.15, 0.2) is 12.5 Å². The van der Waals surface area contributed by atoms with Crippen molar-refractivity contribution in [1.82, 2.24) is 25.9 Å². The Morgan fingerprint density at radius 2 is 1.57 bits per heavy atom. The fourth-order valence-electron chi connectivity index (χ4n) is 2.80. The number of carboxylic acids is 2. The van der Waals surface area contributed by atoms with Crippen LogP contribution in [-0.4, -0.2) is 91.1 Å². The topological polar surface area (TPSA) is 280 Å². The SMILES string of the molecule is CC(O)C(N)C(=O)NC(CCC(=O)O)C(=O)NC(CC(N)=O)C(=O)NC(Cc1cnc[nH]1)C(=O)O. The number of aromatic amines is 1. The number of aliphatic hydroxyl groups is 1. The van der Waals surface area contributed by atoms with E-state index < -0.39 is 85.1 Å². The third kappa shape index (κ3) is 10.2. The molecule has 4 amide bonds. The van der Waals surface area contributed by atoms with E-state index in [4.69, 9.17) is 16.6 Å².